The molecule has 0 aliphatic rings. The minimum atomic E-state index is -0.128. The largest absolute Gasteiger partial charge is 0.495 e. The number of hydrogen-bond acceptors (Lipinski definition) is 6. The summed E-state index contributed by atoms with van der Waals surface area (Å²) in [6.07, 6.45) is 3.68. The summed E-state index contributed by atoms with van der Waals surface area (Å²) < 4.78 is 7.43. The van der Waals surface area contributed by atoms with Crippen LogP contribution in [-0.2, 0) is 10.5 Å². The first-order chi connectivity index (χ1) is 15.1. The van der Waals surface area contributed by atoms with Crippen LogP contribution < -0.4 is 9.64 Å². The minimum Gasteiger partial charge on any atom is -0.495 e. The number of nitrogens with zero attached hydrogens (tertiary/aromatic N) is 4. The van der Waals surface area contributed by atoms with Gasteiger partial charge >= 0.3 is 0 Å². The number of anilines is 2. The van der Waals surface area contributed by atoms with E-state index >= 15 is 0 Å². The third-order valence-corrected chi connectivity index (χ3v) is 6.56. The lowest BCUT2D eigenvalue weighted by Gasteiger charge is -2.20. The fraction of sp³-hybridized carbons (Fsp3) is 0.136. The van der Waals surface area contributed by atoms with E-state index in [0.29, 0.717) is 27.3 Å². The average Bonchev–Trinajstić information content (AvgIpc) is 3.43. The van der Waals surface area contributed by atoms with E-state index in [0.717, 1.165) is 16.5 Å². The van der Waals surface area contributed by atoms with Crippen molar-refractivity contribution in [3.8, 4) is 11.4 Å². The van der Waals surface area contributed by atoms with E-state index in [9.17, 15) is 4.79 Å². The summed E-state index contributed by atoms with van der Waals surface area (Å²) in [7, 11) is 1.59. The van der Waals surface area contributed by atoms with Gasteiger partial charge in [0.15, 0.2) is 10.3 Å². The number of imidazole rings is 1. The predicted octanol–water partition coefficient (Wildman–Crippen LogP) is 5.97. The summed E-state index contributed by atoms with van der Waals surface area (Å²) >= 11 is 8.99. The van der Waals surface area contributed by atoms with Crippen LogP contribution in [0.1, 0.15) is 12.6 Å². The third kappa shape index (κ3) is 4.76. The summed E-state index contributed by atoms with van der Waals surface area (Å²) in [5.41, 5.74) is 2.53. The molecule has 0 fully saturated rings. The van der Waals surface area contributed by atoms with Gasteiger partial charge in [-0.05, 0) is 36.4 Å². The molecule has 2 aromatic carbocycles. The van der Waals surface area contributed by atoms with Gasteiger partial charge in [0.1, 0.15) is 5.75 Å². The van der Waals surface area contributed by atoms with Crippen molar-refractivity contribution >= 4 is 51.4 Å². The maximum absolute atomic E-state index is 12.4. The highest BCUT2D eigenvalue weighted by Crippen LogP contribution is 2.36. The first-order valence-corrected chi connectivity index (χ1v) is 11.6. The molecule has 4 rings (SSSR count). The van der Waals surface area contributed by atoms with Crippen molar-refractivity contribution in [1.29, 1.82) is 0 Å². The van der Waals surface area contributed by atoms with Crippen molar-refractivity contribution in [3.05, 3.63) is 77.0 Å². The predicted molar refractivity (Wildman–Crippen MR) is 126 cm³/mol. The lowest BCUT2D eigenvalue weighted by molar-refractivity contribution is -0.115. The number of benzene rings is 2. The Hall–Kier alpha value is -2.81. The first kappa shape index (κ1) is 21.4. The van der Waals surface area contributed by atoms with Crippen LogP contribution >= 0.6 is 34.7 Å². The molecule has 1 amide bonds. The summed E-state index contributed by atoms with van der Waals surface area (Å²) in [6.45, 7) is 1.52. The highest BCUT2D eigenvalue weighted by molar-refractivity contribution is 7.98. The van der Waals surface area contributed by atoms with E-state index in [4.69, 9.17) is 16.3 Å². The Kier molecular flexibility index (Phi) is 6.60. The van der Waals surface area contributed by atoms with E-state index in [1.807, 2.05) is 64.7 Å². The molecule has 0 atom stereocenters. The second kappa shape index (κ2) is 9.55. The molecule has 0 radical (unpaired) electrons. The molecule has 0 spiro atoms. The zero-order valence-corrected chi connectivity index (χ0v) is 19.2. The topological polar surface area (TPSA) is 60.2 Å². The van der Waals surface area contributed by atoms with Crippen LogP contribution in [0.15, 0.2) is 71.5 Å². The lowest BCUT2D eigenvalue weighted by Crippen LogP contribution is -2.23. The fourth-order valence-electron chi connectivity index (χ4n) is 3.02. The number of methoxy groups -OCH3 is 1. The Morgan fingerprint density at radius 2 is 2.00 bits per heavy atom. The molecule has 0 N–H and O–H groups in total. The van der Waals surface area contributed by atoms with Gasteiger partial charge in [-0.1, -0.05) is 35.5 Å². The number of thioether (sulfide) groups is 1. The molecule has 0 saturated heterocycles. The van der Waals surface area contributed by atoms with Gasteiger partial charge in [0.05, 0.1) is 18.5 Å². The smallest absolute Gasteiger partial charge is 0.230 e. The van der Waals surface area contributed by atoms with Crippen molar-refractivity contribution in [3.63, 3.8) is 0 Å². The maximum atomic E-state index is 12.4. The first-order valence-electron chi connectivity index (χ1n) is 9.37. The van der Waals surface area contributed by atoms with Crippen LogP contribution in [0.5, 0.6) is 5.75 Å². The van der Waals surface area contributed by atoms with Crippen molar-refractivity contribution < 1.29 is 9.53 Å². The van der Waals surface area contributed by atoms with E-state index in [-0.39, 0.29) is 5.91 Å². The van der Waals surface area contributed by atoms with Crippen molar-refractivity contribution in [2.75, 3.05) is 12.0 Å². The number of thiazole rings is 1. The quantitative estimate of drug-likeness (QED) is 0.311. The van der Waals surface area contributed by atoms with Gasteiger partial charge < -0.3 is 4.74 Å². The highest BCUT2D eigenvalue weighted by atomic mass is 35.5. The van der Waals surface area contributed by atoms with Gasteiger partial charge in [0.2, 0.25) is 5.91 Å². The van der Waals surface area contributed by atoms with Crippen molar-refractivity contribution in [2.24, 2.45) is 0 Å². The Bertz CT molecular complexity index is 1190. The fourth-order valence-corrected chi connectivity index (χ4v) is 5.00. The molecule has 0 aliphatic carbocycles. The number of para-hydroxylation sites is 2. The van der Waals surface area contributed by atoms with Crippen LogP contribution in [0.4, 0.5) is 10.8 Å². The molecule has 31 heavy (non-hydrogen) atoms. The Labute approximate surface area is 193 Å². The van der Waals surface area contributed by atoms with Crippen LogP contribution in [0.3, 0.4) is 0 Å². The van der Waals surface area contributed by atoms with Gasteiger partial charge in [-0.2, -0.15) is 0 Å². The van der Waals surface area contributed by atoms with Crippen LogP contribution in [-0.4, -0.2) is 27.6 Å². The summed E-state index contributed by atoms with van der Waals surface area (Å²) in [4.78, 5) is 23.1. The normalized spacial score (nSPS) is 10.8. The Morgan fingerprint density at radius 3 is 2.74 bits per heavy atom. The maximum Gasteiger partial charge on any atom is 0.230 e. The van der Waals surface area contributed by atoms with Gasteiger partial charge in [-0.25, -0.2) is 9.97 Å². The van der Waals surface area contributed by atoms with Gasteiger partial charge in [-0.3, -0.25) is 14.3 Å². The lowest BCUT2D eigenvalue weighted by atomic mass is 10.2. The van der Waals surface area contributed by atoms with Crippen molar-refractivity contribution in [1.82, 2.24) is 14.5 Å². The van der Waals surface area contributed by atoms with E-state index in [1.54, 1.807) is 30.0 Å². The number of carbonyl (C=O) groups is 1. The molecule has 4 aromatic rings. The third-order valence-electron chi connectivity index (χ3n) is 4.43. The van der Waals surface area contributed by atoms with E-state index in [1.165, 1.54) is 18.3 Å². The van der Waals surface area contributed by atoms with Crippen LogP contribution in [0, 0.1) is 0 Å². The monoisotopic (exact) mass is 470 g/mol. The summed E-state index contributed by atoms with van der Waals surface area (Å²) in [5, 5.41) is 4.11. The number of hydrogen-bond donors (Lipinski definition) is 0. The standard InChI is InChI=1S/C22H19ClN4O2S2/c1-15(28)27(19-5-3-4-6-20(19)29-2)22-25-17(14-31-22)13-30-21-24-11-12-26(21)18-9-7-16(23)8-10-18/h3-12,14H,13H2,1-2H3. The average molecular weight is 471 g/mol. The number of amides is 1. The van der Waals surface area contributed by atoms with Crippen LogP contribution in [0.25, 0.3) is 5.69 Å². The van der Waals surface area contributed by atoms with Crippen molar-refractivity contribution in [2.45, 2.75) is 17.8 Å². The van der Waals surface area contributed by atoms with E-state index in [2.05, 4.69) is 9.97 Å². The Balaban J connectivity index is 1.53. The molecule has 9 heteroatoms. The van der Waals surface area contributed by atoms with Gasteiger partial charge in [-0.15, -0.1) is 11.3 Å². The molecule has 158 valence electrons. The zero-order valence-electron chi connectivity index (χ0n) is 16.9. The highest BCUT2D eigenvalue weighted by Gasteiger charge is 2.21. The molecule has 0 saturated carbocycles. The molecule has 0 bridgehead atoms. The number of rotatable bonds is 7. The summed E-state index contributed by atoms with van der Waals surface area (Å²) in [6, 6.07) is 15.0. The number of aromatic nitrogens is 3. The molecule has 0 unspecified atom stereocenters. The van der Waals surface area contributed by atoms with E-state index < -0.39 is 0 Å². The molecule has 0 aliphatic heterocycles. The number of carbonyl (C=O) groups excluding carboxylic acids is 1. The van der Waals surface area contributed by atoms with Gasteiger partial charge in [0, 0.05) is 41.2 Å². The second-order valence-electron chi connectivity index (χ2n) is 6.49. The minimum absolute atomic E-state index is 0.128. The SMILES string of the molecule is COc1ccccc1N(C(C)=O)c1nc(CSc2nccn2-c2ccc(Cl)cc2)cs1. The molecule has 6 nitrogen and oxygen atoms in total. The molecular formula is C22H19ClN4O2S2. The van der Waals surface area contributed by atoms with Gasteiger partial charge in [0.25, 0.3) is 0 Å². The molecular weight excluding hydrogens is 452 g/mol. The number of ether oxygens (including phenoxy) is 1. The Morgan fingerprint density at radius 1 is 1.23 bits per heavy atom. The molecule has 2 heterocycles. The van der Waals surface area contributed by atoms with Crippen LogP contribution in [0.2, 0.25) is 5.02 Å². The number of halogens is 1. The molecule has 2 aromatic heterocycles. The summed E-state index contributed by atoms with van der Waals surface area (Å²) in [5.74, 6) is 1.11. The zero-order chi connectivity index (χ0) is 21.8. The second-order valence-corrected chi connectivity index (χ2v) is 8.71.